The zero-order valence-electron chi connectivity index (χ0n) is 11.9. The highest BCUT2D eigenvalue weighted by Gasteiger charge is 2.18. The second-order valence-corrected chi connectivity index (χ2v) is 6.74. The van der Waals surface area contributed by atoms with E-state index in [1.807, 2.05) is 13.8 Å². The van der Waals surface area contributed by atoms with Gasteiger partial charge in [-0.25, -0.2) is 8.42 Å². The van der Waals surface area contributed by atoms with Crippen molar-refractivity contribution in [1.29, 1.82) is 5.41 Å². The van der Waals surface area contributed by atoms with E-state index in [0.29, 0.717) is 17.7 Å². The number of anilines is 1. The minimum Gasteiger partial charge on any atom is -0.495 e. The maximum Gasteiger partial charge on any atom is 0.232 e. The number of para-hydroxylation sites is 1. The summed E-state index contributed by atoms with van der Waals surface area (Å²) in [6, 6.07) is 4.85. The first-order valence-corrected chi connectivity index (χ1v) is 7.94. The maximum absolute atomic E-state index is 12.1. The lowest BCUT2D eigenvalue weighted by atomic mass is 10.1. The largest absolute Gasteiger partial charge is 0.495 e. The Morgan fingerprint density at radius 1 is 1.45 bits per heavy atom. The molecule has 0 atom stereocenters. The van der Waals surface area contributed by atoms with Crippen LogP contribution in [0.1, 0.15) is 25.8 Å². The fourth-order valence-electron chi connectivity index (χ4n) is 1.63. The number of amidine groups is 1. The van der Waals surface area contributed by atoms with Gasteiger partial charge in [-0.05, 0) is 24.5 Å². The van der Waals surface area contributed by atoms with Gasteiger partial charge in [0.1, 0.15) is 17.3 Å². The molecule has 4 N–H and O–H groups in total. The van der Waals surface area contributed by atoms with E-state index in [0.717, 1.165) is 0 Å². The molecule has 0 aliphatic carbocycles. The summed E-state index contributed by atoms with van der Waals surface area (Å²) in [7, 11) is -2.06. The summed E-state index contributed by atoms with van der Waals surface area (Å²) in [6.07, 6.45) is 0.555. The smallest absolute Gasteiger partial charge is 0.232 e. The van der Waals surface area contributed by atoms with E-state index in [-0.39, 0.29) is 23.2 Å². The normalized spacial score (nSPS) is 11.4. The molecule has 7 heteroatoms. The zero-order valence-corrected chi connectivity index (χ0v) is 12.8. The van der Waals surface area contributed by atoms with E-state index in [4.69, 9.17) is 15.9 Å². The summed E-state index contributed by atoms with van der Waals surface area (Å²) in [5.41, 5.74) is 5.99. The van der Waals surface area contributed by atoms with Gasteiger partial charge >= 0.3 is 0 Å². The van der Waals surface area contributed by atoms with Crippen molar-refractivity contribution in [2.45, 2.75) is 20.3 Å². The number of benzene rings is 1. The molecule has 0 amide bonds. The van der Waals surface area contributed by atoms with Gasteiger partial charge in [-0.2, -0.15) is 0 Å². The highest BCUT2D eigenvalue weighted by molar-refractivity contribution is 7.92. The van der Waals surface area contributed by atoms with E-state index in [1.54, 1.807) is 18.2 Å². The van der Waals surface area contributed by atoms with Gasteiger partial charge in [0.2, 0.25) is 10.0 Å². The molecule has 0 aliphatic rings. The lowest BCUT2D eigenvalue weighted by Gasteiger charge is -2.15. The predicted molar refractivity (Wildman–Crippen MR) is 80.9 cm³/mol. The van der Waals surface area contributed by atoms with Crippen molar-refractivity contribution >= 4 is 21.5 Å². The van der Waals surface area contributed by atoms with Crippen LogP contribution in [0.5, 0.6) is 5.75 Å². The van der Waals surface area contributed by atoms with Crippen LogP contribution in [-0.4, -0.2) is 27.1 Å². The average molecular weight is 299 g/mol. The zero-order chi connectivity index (χ0) is 15.3. The molecule has 0 unspecified atom stereocenters. The summed E-state index contributed by atoms with van der Waals surface area (Å²) in [6.45, 7) is 3.92. The molecule has 0 saturated carbocycles. The number of hydrogen-bond acceptors (Lipinski definition) is 4. The summed E-state index contributed by atoms with van der Waals surface area (Å²) in [5.74, 6) is 0.424. The molecule has 0 saturated heterocycles. The number of hydrogen-bond donors (Lipinski definition) is 3. The third-order valence-corrected chi connectivity index (χ3v) is 4.05. The predicted octanol–water partition coefficient (Wildman–Crippen LogP) is 1.77. The first-order valence-electron chi connectivity index (χ1n) is 6.28. The number of nitrogens with one attached hydrogen (secondary N) is 2. The lowest BCUT2D eigenvalue weighted by Crippen LogP contribution is -2.22. The van der Waals surface area contributed by atoms with Crippen molar-refractivity contribution in [2.75, 3.05) is 17.6 Å². The van der Waals surface area contributed by atoms with Crippen LogP contribution < -0.4 is 15.2 Å². The van der Waals surface area contributed by atoms with E-state index in [2.05, 4.69) is 4.72 Å². The van der Waals surface area contributed by atoms with Crippen LogP contribution in [0.4, 0.5) is 5.69 Å². The van der Waals surface area contributed by atoms with Crippen LogP contribution in [0.25, 0.3) is 0 Å². The van der Waals surface area contributed by atoms with E-state index >= 15 is 0 Å². The Bertz CT molecular complexity index is 583. The number of ether oxygens (including phenoxy) is 1. The number of sulfonamides is 1. The van der Waals surface area contributed by atoms with Crippen molar-refractivity contribution in [3.05, 3.63) is 23.8 Å². The average Bonchev–Trinajstić information content (AvgIpc) is 2.36. The molecule has 0 spiro atoms. The highest BCUT2D eigenvalue weighted by atomic mass is 32.2. The summed E-state index contributed by atoms with van der Waals surface area (Å²) in [5, 5.41) is 7.51. The molecule has 0 fully saturated rings. The molecule has 112 valence electrons. The second kappa shape index (κ2) is 6.60. The molecule has 20 heavy (non-hydrogen) atoms. The van der Waals surface area contributed by atoms with Crippen molar-refractivity contribution in [3.8, 4) is 5.75 Å². The molecule has 0 bridgehead atoms. The highest BCUT2D eigenvalue weighted by Crippen LogP contribution is 2.29. The van der Waals surface area contributed by atoms with Gasteiger partial charge in [-0.15, -0.1) is 0 Å². The minimum absolute atomic E-state index is 0.0139. The van der Waals surface area contributed by atoms with Crippen molar-refractivity contribution in [1.82, 2.24) is 0 Å². The monoisotopic (exact) mass is 299 g/mol. The van der Waals surface area contributed by atoms with Gasteiger partial charge in [0.25, 0.3) is 0 Å². The summed E-state index contributed by atoms with van der Waals surface area (Å²) >= 11 is 0. The van der Waals surface area contributed by atoms with E-state index in [1.165, 1.54) is 7.11 Å². The fraction of sp³-hybridized carbons (Fsp3) is 0.462. The Hall–Kier alpha value is -1.76. The van der Waals surface area contributed by atoms with Crippen LogP contribution in [0.3, 0.4) is 0 Å². The topological polar surface area (TPSA) is 105 Å². The number of rotatable bonds is 7. The molecule has 0 aliphatic heterocycles. The SMILES string of the molecule is COc1cccc(C(=N)N)c1NS(=O)(=O)CCC(C)C. The molecular weight excluding hydrogens is 278 g/mol. The number of nitrogen functional groups attached to an aromatic ring is 1. The molecule has 1 aromatic rings. The van der Waals surface area contributed by atoms with Gasteiger partial charge < -0.3 is 10.5 Å². The molecule has 0 radical (unpaired) electrons. The van der Waals surface area contributed by atoms with Gasteiger partial charge in [0.05, 0.1) is 12.9 Å². The van der Waals surface area contributed by atoms with Gasteiger partial charge in [0, 0.05) is 5.56 Å². The molecule has 0 aromatic heterocycles. The van der Waals surface area contributed by atoms with Crippen molar-refractivity contribution < 1.29 is 13.2 Å². The molecule has 1 rings (SSSR count). The van der Waals surface area contributed by atoms with Gasteiger partial charge in [0.15, 0.2) is 0 Å². The maximum atomic E-state index is 12.1. The Morgan fingerprint density at radius 2 is 2.10 bits per heavy atom. The number of nitrogens with two attached hydrogens (primary N) is 1. The fourth-order valence-corrected chi connectivity index (χ4v) is 3.03. The lowest BCUT2D eigenvalue weighted by molar-refractivity contribution is 0.417. The third-order valence-electron chi connectivity index (χ3n) is 2.76. The Balaban J connectivity index is 3.10. The minimum atomic E-state index is -3.50. The standard InChI is InChI=1S/C13H21N3O3S/c1-9(2)7-8-20(17,18)16-12-10(13(14)15)5-4-6-11(12)19-3/h4-6,9,16H,7-8H2,1-3H3,(H3,14,15). The third kappa shape index (κ3) is 4.41. The molecule has 6 nitrogen and oxygen atoms in total. The van der Waals surface area contributed by atoms with E-state index in [9.17, 15) is 8.42 Å². The second-order valence-electron chi connectivity index (χ2n) is 4.90. The Morgan fingerprint density at radius 3 is 2.60 bits per heavy atom. The first kappa shape index (κ1) is 16.3. The molecular formula is C13H21N3O3S. The van der Waals surface area contributed by atoms with E-state index < -0.39 is 10.0 Å². The van der Waals surface area contributed by atoms with Crippen molar-refractivity contribution in [2.24, 2.45) is 11.7 Å². The van der Waals surface area contributed by atoms with Crippen LogP contribution in [0, 0.1) is 11.3 Å². The Labute approximate surface area is 119 Å². The Kier molecular flexibility index (Phi) is 5.38. The summed E-state index contributed by atoms with van der Waals surface area (Å²) in [4.78, 5) is 0. The van der Waals surface area contributed by atoms with Crippen LogP contribution in [-0.2, 0) is 10.0 Å². The van der Waals surface area contributed by atoms with Crippen molar-refractivity contribution in [3.63, 3.8) is 0 Å². The molecule has 1 aromatic carbocycles. The number of methoxy groups -OCH3 is 1. The first-order chi connectivity index (χ1) is 9.26. The van der Waals surface area contributed by atoms with Gasteiger partial charge in [-0.3, -0.25) is 10.1 Å². The quantitative estimate of drug-likeness (QED) is 0.527. The van der Waals surface area contributed by atoms with Crippen LogP contribution >= 0.6 is 0 Å². The van der Waals surface area contributed by atoms with Crippen LogP contribution in [0.15, 0.2) is 18.2 Å². The summed E-state index contributed by atoms with van der Waals surface area (Å²) < 4.78 is 31.7. The van der Waals surface area contributed by atoms with Crippen LogP contribution in [0.2, 0.25) is 0 Å². The molecule has 0 heterocycles. The van der Waals surface area contributed by atoms with Gasteiger partial charge in [-0.1, -0.05) is 19.9 Å².